The molecular weight excluding hydrogens is 198 g/mol. The van der Waals surface area contributed by atoms with Crippen molar-refractivity contribution in [3.63, 3.8) is 0 Å². The van der Waals surface area contributed by atoms with Gasteiger partial charge in [0.2, 0.25) is 0 Å². The van der Waals surface area contributed by atoms with Crippen molar-refractivity contribution in [2.75, 3.05) is 0 Å². The maximum absolute atomic E-state index is 11.0. The first-order valence-corrected chi connectivity index (χ1v) is 4.37. The first-order valence-electron chi connectivity index (χ1n) is 4.37. The quantitative estimate of drug-likeness (QED) is 0.552. The fraction of sp³-hybridized carbons (Fsp3) is 0.400. The first-order chi connectivity index (χ1) is 6.81. The van der Waals surface area contributed by atoms with Crippen molar-refractivity contribution in [1.29, 1.82) is 0 Å². The summed E-state index contributed by atoms with van der Waals surface area (Å²) in [4.78, 5) is 21.1. The number of carboxylic acid groups (broad SMARTS) is 1. The number of ether oxygens (including phenoxy) is 1. The predicted molar refractivity (Wildman–Crippen MR) is 55.3 cm³/mol. The fourth-order valence-corrected chi connectivity index (χ4v) is 0.617. The summed E-state index contributed by atoms with van der Waals surface area (Å²) in [6.45, 7) is 5.25. The van der Waals surface area contributed by atoms with Crippen molar-refractivity contribution < 1.29 is 19.4 Å². The predicted octanol–water partition coefficient (Wildman–Crippen LogP) is 1.67. The third kappa shape index (κ3) is 10.1. The van der Waals surface area contributed by atoms with Crippen LogP contribution in [0.3, 0.4) is 0 Å². The fourth-order valence-electron chi connectivity index (χ4n) is 0.617. The van der Waals surface area contributed by atoms with Gasteiger partial charge < -0.3 is 9.84 Å². The minimum atomic E-state index is -1.04. The van der Waals surface area contributed by atoms with Crippen LogP contribution in [0.25, 0.3) is 0 Å². The summed E-state index contributed by atoms with van der Waals surface area (Å²) in [5, 5.41) is 10.6. The summed E-state index contributed by atoms with van der Waals surface area (Å²) in [6, 6.07) is 0. The lowest BCUT2D eigenvalue weighted by Crippen LogP contribution is -2.29. The van der Waals surface area contributed by atoms with E-state index in [1.54, 1.807) is 20.8 Å². The molecule has 0 radical (unpaired) electrons. The van der Waals surface area contributed by atoms with Crippen molar-refractivity contribution in [3.8, 4) is 0 Å². The Morgan fingerprint density at radius 1 is 1.27 bits per heavy atom. The van der Waals surface area contributed by atoms with Gasteiger partial charge in [0.15, 0.2) is 0 Å². The summed E-state index contributed by atoms with van der Waals surface area (Å²) >= 11 is 0. The van der Waals surface area contributed by atoms with Gasteiger partial charge in [0.25, 0.3) is 0 Å². The molecule has 0 bridgehead atoms. The van der Waals surface area contributed by atoms with E-state index >= 15 is 0 Å². The number of nitrogens with one attached hydrogen (secondary N) is 1. The third-order valence-corrected chi connectivity index (χ3v) is 1.05. The molecule has 0 aliphatic carbocycles. The van der Waals surface area contributed by atoms with Crippen LogP contribution in [0.2, 0.25) is 0 Å². The molecule has 0 aromatic rings. The molecule has 0 spiro atoms. The van der Waals surface area contributed by atoms with Gasteiger partial charge in [0.1, 0.15) is 5.60 Å². The van der Waals surface area contributed by atoms with Crippen LogP contribution in [-0.4, -0.2) is 22.8 Å². The minimum Gasteiger partial charge on any atom is -0.478 e. The van der Waals surface area contributed by atoms with Crippen molar-refractivity contribution in [3.05, 3.63) is 24.4 Å². The Morgan fingerprint density at radius 2 is 1.87 bits per heavy atom. The molecule has 0 unspecified atom stereocenters. The Hall–Kier alpha value is -1.78. The second kappa shape index (κ2) is 5.85. The molecule has 0 aromatic heterocycles. The molecule has 0 saturated carbocycles. The summed E-state index contributed by atoms with van der Waals surface area (Å²) in [5.74, 6) is -1.04. The third-order valence-electron chi connectivity index (χ3n) is 1.05. The van der Waals surface area contributed by atoms with E-state index < -0.39 is 17.7 Å². The SMILES string of the molecule is CC(C)(C)OC(=O)N/C=C/C=C/C(=O)O. The second-order valence-corrected chi connectivity index (χ2v) is 3.70. The van der Waals surface area contributed by atoms with E-state index in [1.807, 2.05) is 0 Å². The number of carbonyl (C=O) groups excluding carboxylic acids is 1. The Labute approximate surface area is 88.4 Å². The molecule has 0 aromatic carbocycles. The zero-order valence-electron chi connectivity index (χ0n) is 8.98. The van der Waals surface area contributed by atoms with E-state index in [0.29, 0.717) is 0 Å². The molecule has 5 nitrogen and oxygen atoms in total. The molecular formula is C10H15NO4. The van der Waals surface area contributed by atoms with Gasteiger partial charge in [-0.15, -0.1) is 0 Å². The van der Waals surface area contributed by atoms with Gasteiger partial charge in [-0.2, -0.15) is 0 Å². The van der Waals surface area contributed by atoms with Gasteiger partial charge >= 0.3 is 12.1 Å². The lowest BCUT2D eigenvalue weighted by atomic mass is 10.2. The van der Waals surface area contributed by atoms with E-state index in [0.717, 1.165) is 6.08 Å². The summed E-state index contributed by atoms with van der Waals surface area (Å²) in [5.41, 5.74) is -0.547. The number of carbonyl (C=O) groups is 2. The molecule has 2 N–H and O–H groups in total. The Bertz CT molecular complexity index is 286. The molecule has 15 heavy (non-hydrogen) atoms. The van der Waals surface area contributed by atoms with Crippen molar-refractivity contribution in [2.24, 2.45) is 0 Å². The highest BCUT2D eigenvalue weighted by Crippen LogP contribution is 2.06. The molecule has 0 aliphatic heterocycles. The van der Waals surface area contributed by atoms with Crippen LogP contribution >= 0.6 is 0 Å². The molecule has 5 heteroatoms. The van der Waals surface area contributed by atoms with E-state index in [9.17, 15) is 9.59 Å². The monoisotopic (exact) mass is 213 g/mol. The van der Waals surface area contributed by atoms with Crippen molar-refractivity contribution >= 4 is 12.1 Å². The molecule has 0 heterocycles. The molecule has 1 amide bonds. The zero-order valence-corrected chi connectivity index (χ0v) is 8.98. The Morgan fingerprint density at radius 3 is 2.33 bits per heavy atom. The van der Waals surface area contributed by atoms with E-state index in [1.165, 1.54) is 18.4 Å². The number of alkyl carbamates (subject to hydrolysis) is 1. The Kier molecular flexibility index (Phi) is 5.15. The highest BCUT2D eigenvalue weighted by Gasteiger charge is 2.14. The van der Waals surface area contributed by atoms with Gasteiger partial charge in [-0.05, 0) is 26.8 Å². The topological polar surface area (TPSA) is 75.6 Å². The average Bonchev–Trinajstić information content (AvgIpc) is 1.99. The lowest BCUT2D eigenvalue weighted by Gasteiger charge is -2.18. The highest BCUT2D eigenvalue weighted by molar-refractivity contribution is 5.80. The number of aliphatic carboxylic acids is 1. The van der Waals surface area contributed by atoms with Gasteiger partial charge in [0.05, 0.1) is 0 Å². The van der Waals surface area contributed by atoms with Crippen LogP contribution in [0.5, 0.6) is 0 Å². The first kappa shape index (κ1) is 13.2. The van der Waals surface area contributed by atoms with E-state index in [4.69, 9.17) is 9.84 Å². The van der Waals surface area contributed by atoms with Gasteiger partial charge in [-0.1, -0.05) is 6.08 Å². The summed E-state index contributed by atoms with van der Waals surface area (Å²) in [7, 11) is 0. The molecule has 0 aliphatic rings. The number of hydrogen-bond acceptors (Lipinski definition) is 3. The second-order valence-electron chi connectivity index (χ2n) is 3.70. The van der Waals surface area contributed by atoms with Crippen LogP contribution in [0.4, 0.5) is 4.79 Å². The standard InChI is InChI=1S/C10H15NO4/c1-10(2,3)15-9(14)11-7-5-4-6-8(12)13/h4-7H,1-3H3,(H,11,14)(H,12,13)/b6-4+,7-5+. The van der Waals surface area contributed by atoms with Crippen LogP contribution in [-0.2, 0) is 9.53 Å². The molecule has 0 fully saturated rings. The van der Waals surface area contributed by atoms with Gasteiger partial charge in [-0.3, -0.25) is 5.32 Å². The van der Waals surface area contributed by atoms with E-state index in [2.05, 4.69) is 5.32 Å². The number of allylic oxidation sites excluding steroid dienone is 2. The average molecular weight is 213 g/mol. The van der Waals surface area contributed by atoms with Crippen LogP contribution < -0.4 is 5.32 Å². The van der Waals surface area contributed by atoms with Crippen LogP contribution in [0.1, 0.15) is 20.8 Å². The molecule has 0 rings (SSSR count). The Balaban J connectivity index is 3.86. The van der Waals surface area contributed by atoms with Crippen LogP contribution in [0.15, 0.2) is 24.4 Å². The number of amides is 1. The maximum Gasteiger partial charge on any atom is 0.411 e. The minimum absolute atomic E-state index is 0.547. The maximum atomic E-state index is 11.0. The summed E-state index contributed by atoms with van der Waals surface area (Å²) in [6.07, 6.45) is 4.35. The number of carboxylic acids is 1. The van der Waals surface area contributed by atoms with Crippen molar-refractivity contribution in [2.45, 2.75) is 26.4 Å². The van der Waals surface area contributed by atoms with E-state index in [-0.39, 0.29) is 0 Å². The largest absolute Gasteiger partial charge is 0.478 e. The van der Waals surface area contributed by atoms with Crippen molar-refractivity contribution in [1.82, 2.24) is 5.32 Å². The highest BCUT2D eigenvalue weighted by atomic mass is 16.6. The molecule has 0 saturated heterocycles. The van der Waals surface area contributed by atoms with Crippen LogP contribution in [0, 0.1) is 0 Å². The summed E-state index contributed by atoms with van der Waals surface area (Å²) < 4.78 is 4.92. The van der Waals surface area contributed by atoms with Gasteiger partial charge in [-0.25, -0.2) is 9.59 Å². The number of rotatable bonds is 3. The molecule has 0 atom stereocenters. The number of hydrogen-bond donors (Lipinski definition) is 2. The normalized spacial score (nSPS) is 11.9. The molecule has 84 valence electrons. The lowest BCUT2D eigenvalue weighted by molar-refractivity contribution is -0.131. The van der Waals surface area contributed by atoms with Gasteiger partial charge in [0, 0.05) is 12.3 Å². The smallest absolute Gasteiger partial charge is 0.411 e. The zero-order chi connectivity index (χ0) is 11.9.